The molecule has 2 rings (SSSR count). The van der Waals surface area contributed by atoms with Crippen LogP contribution in [0.4, 0.5) is 0 Å². The van der Waals surface area contributed by atoms with Crippen LogP contribution >= 0.6 is 34.5 Å². The van der Waals surface area contributed by atoms with Crippen LogP contribution in [0.25, 0.3) is 0 Å². The largest absolute Gasteiger partial charge is 0.462 e. The average Bonchev–Trinajstić information content (AvgIpc) is 2.81. The van der Waals surface area contributed by atoms with Gasteiger partial charge < -0.3 is 4.74 Å². The van der Waals surface area contributed by atoms with Crippen LogP contribution in [0.15, 0.2) is 29.6 Å². The number of rotatable bonds is 4. The predicted molar refractivity (Wildman–Crippen MR) is 72.6 cm³/mol. The Labute approximate surface area is 118 Å². The zero-order valence-corrected chi connectivity index (χ0v) is 11.6. The van der Waals surface area contributed by atoms with E-state index in [1.54, 1.807) is 11.3 Å². The summed E-state index contributed by atoms with van der Waals surface area (Å²) in [7, 11) is 0. The van der Waals surface area contributed by atoms with Gasteiger partial charge in [0.2, 0.25) is 0 Å². The van der Waals surface area contributed by atoms with E-state index >= 15 is 0 Å². The summed E-state index contributed by atoms with van der Waals surface area (Å²) in [5, 5.41) is 2.29. The van der Waals surface area contributed by atoms with Gasteiger partial charge in [-0.1, -0.05) is 29.3 Å². The Morgan fingerprint density at radius 1 is 1.33 bits per heavy atom. The van der Waals surface area contributed by atoms with Gasteiger partial charge in [0.1, 0.15) is 10.3 Å². The van der Waals surface area contributed by atoms with Crippen molar-refractivity contribution in [2.45, 2.75) is 6.42 Å². The minimum atomic E-state index is -0.485. The van der Waals surface area contributed by atoms with Crippen LogP contribution in [0, 0.1) is 0 Å². The van der Waals surface area contributed by atoms with E-state index in [9.17, 15) is 4.79 Å². The number of halogens is 2. The topological polar surface area (TPSA) is 39.2 Å². The van der Waals surface area contributed by atoms with Gasteiger partial charge in [-0.15, -0.1) is 11.3 Å². The highest BCUT2D eigenvalue weighted by atomic mass is 35.5. The Kier molecular flexibility index (Phi) is 4.58. The van der Waals surface area contributed by atoms with Crippen LogP contribution in [-0.4, -0.2) is 17.6 Å². The second-order valence-corrected chi connectivity index (χ2v) is 5.22. The molecule has 0 aliphatic rings. The van der Waals surface area contributed by atoms with Crippen LogP contribution in [0.3, 0.4) is 0 Å². The summed E-state index contributed by atoms with van der Waals surface area (Å²) in [6.07, 6.45) is 0.696. The third-order valence-electron chi connectivity index (χ3n) is 2.20. The summed E-state index contributed by atoms with van der Waals surface area (Å²) < 4.78 is 5.12. The molecule has 0 aliphatic heterocycles. The van der Waals surface area contributed by atoms with Crippen molar-refractivity contribution in [2.24, 2.45) is 0 Å². The van der Waals surface area contributed by atoms with Crippen molar-refractivity contribution in [2.75, 3.05) is 6.61 Å². The number of hydrogen-bond donors (Lipinski definition) is 0. The Bertz CT molecular complexity index is 543. The quantitative estimate of drug-likeness (QED) is 0.636. The number of esters is 1. The Hall–Kier alpha value is -1.10. The number of carbonyl (C=O) groups excluding carboxylic acids is 1. The van der Waals surface area contributed by atoms with Crippen LogP contribution in [0.1, 0.15) is 15.2 Å². The van der Waals surface area contributed by atoms with E-state index < -0.39 is 5.97 Å². The zero-order chi connectivity index (χ0) is 13.0. The summed E-state index contributed by atoms with van der Waals surface area (Å²) in [6.45, 7) is 0.318. The predicted octanol–water partition coefficient (Wildman–Crippen LogP) is 3.85. The molecule has 0 aromatic carbocycles. The van der Waals surface area contributed by atoms with E-state index in [0.717, 1.165) is 0 Å². The van der Waals surface area contributed by atoms with Gasteiger partial charge in [-0.25, -0.2) is 9.78 Å². The summed E-state index contributed by atoms with van der Waals surface area (Å²) in [6, 6.07) is 6.96. The fourth-order valence-corrected chi connectivity index (χ4v) is 2.45. The third-order valence-corrected chi connectivity index (χ3v) is 3.63. The number of nitrogens with zero attached hydrogens (tertiary/aromatic N) is 1. The van der Waals surface area contributed by atoms with Crippen LogP contribution in [0.2, 0.25) is 10.3 Å². The average molecular weight is 302 g/mol. The molecule has 0 N–H and O–H groups in total. The number of pyridine rings is 1. The summed E-state index contributed by atoms with van der Waals surface area (Å²) in [5.41, 5.74) is 0.229. The lowest BCUT2D eigenvalue weighted by Gasteiger charge is -2.05. The minimum Gasteiger partial charge on any atom is -0.462 e. The second-order valence-electron chi connectivity index (χ2n) is 3.44. The van der Waals surface area contributed by atoms with Crippen LogP contribution in [0.5, 0.6) is 0 Å². The van der Waals surface area contributed by atoms with E-state index in [4.69, 9.17) is 27.9 Å². The third kappa shape index (κ3) is 3.45. The molecule has 6 heteroatoms. The van der Waals surface area contributed by atoms with Gasteiger partial charge >= 0.3 is 5.97 Å². The molecule has 0 spiro atoms. The number of aromatic nitrogens is 1. The van der Waals surface area contributed by atoms with E-state index in [1.807, 2.05) is 17.5 Å². The number of thiophene rings is 1. The fraction of sp³-hybridized carbons (Fsp3) is 0.167. The summed E-state index contributed by atoms with van der Waals surface area (Å²) in [5.74, 6) is -0.485. The lowest BCUT2D eigenvalue weighted by molar-refractivity contribution is 0.0510. The van der Waals surface area contributed by atoms with Crippen molar-refractivity contribution < 1.29 is 9.53 Å². The van der Waals surface area contributed by atoms with Crippen molar-refractivity contribution >= 4 is 40.5 Å². The highest BCUT2D eigenvalue weighted by molar-refractivity contribution is 7.09. The lowest BCUT2D eigenvalue weighted by Crippen LogP contribution is -2.09. The smallest absolute Gasteiger partial charge is 0.341 e. The molecule has 0 unspecified atom stereocenters. The van der Waals surface area contributed by atoms with Crippen molar-refractivity contribution in [3.63, 3.8) is 0 Å². The molecule has 2 heterocycles. The molecular weight excluding hydrogens is 293 g/mol. The molecule has 0 atom stereocenters. The molecule has 2 aromatic heterocycles. The first-order chi connectivity index (χ1) is 8.66. The van der Waals surface area contributed by atoms with Gasteiger partial charge in [0.25, 0.3) is 0 Å². The van der Waals surface area contributed by atoms with Crippen LogP contribution in [-0.2, 0) is 11.2 Å². The number of carbonyl (C=O) groups is 1. The molecule has 0 amide bonds. The molecule has 2 aromatic rings. The van der Waals surface area contributed by atoms with Crippen molar-refractivity contribution in [3.8, 4) is 0 Å². The molecule has 0 radical (unpaired) electrons. The molecule has 94 valence electrons. The van der Waals surface area contributed by atoms with Gasteiger partial charge in [0, 0.05) is 11.3 Å². The zero-order valence-electron chi connectivity index (χ0n) is 9.23. The Morgan fingerprint density at radius 2 is 2.17 bits per heavy atom. The van der Waals surface area contributed by atoms with Gasteiger partial charge in [0.15, 0.2) is 0 Å². The number of hydrogen-bond acceptors (Lipinski definition) is 4. The van der Waals surface area contributed by atoms with E-state index in [-0.39, 0.29) is 15.9 Å². The van der Waals surface area contributed by atoms with Gasteiger partial charge in [-0.2, -0.15) is 0 Å². The molecule has 0 bridgehead atoms. The molecular formula is C12H9Cl2NO2S. The van der Waals surface area contributed by atoms with Gasteiger partial charge in [-0.05, 0) is 23.6 Å². The van der Waals surface area contributed by atoms with Gasteiger partial charge in [-0.3, -0.25) is 0 Å². The standard InChI is InChI=1S/C12H9Cl2NO2S/c13-10-4-3-9(11(14)15-10)12(16)17-6-5-8-2-1-7-18-8/h1-4,7H,5-6H2. The maximum atomic E-state index is 11.7. The molecule has 0 fully saturated rings. The maximum Gasteiger partial charge on any atom is 0.341 e. The van der Waals surface area contributed by atoms with Crippen molar-refractivity contribution in [1.82, 2.24) is 4.98 Å². The molecule has 3 nitrogen and oxygen atoms in total. The Morgan fingerprint density at radius 3 is 2.83 bits per heavy atom. The highest BCUT2D eigenvalue weighted by Gasteiger charge is 2.13. The van der Waals surface area contributed by atoms with E-state index in [1.165, 1.54) is 17.0 Å². The van der Waals surface area contributed by atoms with Crippen LogP contribution < -0.4 is 0 Å². The first-order valence-corrected chi connectivity index (χ1v) is 6.82. The Balaban J connectivity index is 1.91. The molecule has 0 saturated heterocycles. The summed E-state index contributed by atoms with van der Waals surface area (Å²) >= 11 is 13.1. The minimum absolute atomic E-state index is 0.0589. The van der Waals surface area contributed by atoms with Crippen molar-refractivity contribution in [1.29, 1.82) is 0 Å². The fourth-order valence-electron chi connectivity index (χ4n) is 1.34. The number of ether oxygens (including phenoxy) is 1. The normalized spacial score (nSPS) is 10.3. The van der Waals surface area contributed by atoms with E-state index in [0.29, 0.717) is 13.0 Å². The highest BCUT2D eigenvalue weighted by Crippen LogP contribution is 2.17. The monoisotopic (exact) mass is 301 g/mol. The molecule has 0 aliphatic carbocycles. The lowest BCUT2D eigenvalue weighted by atomic mass is 10.3. The summed E-state index contributed by atoms with van der Waals surface area (Å²) in [4.78, 5) is 16.7. The second kappa shape index (κ2) is 6.18. The van der Waals surface area contributed by atoms with E-state index in [2.05, 4.69) is 4.98 Å². The molecule has 0 saturated carbocycles. The first-order valence-electron chi connectivity index (χ1n) is 5.18. The van der Waals surface area contributed by atoms with Gasteiger partial charge in [0.05, 0.1) is 12.2 Å². The SMILES string of the molecule is O=C(OCCc1cccs1)c1ccc(Cl)nc1Cl. The van der Waals surface area contributed by atoms with Crippen molar-refractivity contribution in [3.05, 3.63) is 50.4 Å². The first kappa shape index (κ1) is 13.3. The maximum absolute atomic E-state index is 11.7. The molecule has 18 heavy (non-hydrogen) atoms.